The molecule has 0 bridgehead atoms. The Kier molecular flexibility index (Phi) is 3.14. The number of carbonyl (C=O) groups is 1. The lowest BCUT2D eigenvalue weighted by Crippen LogP contribution is -2.14. The van der Waals surface area contributed by atoms with Crippen LogP contribution < -0.4 is 0 Å². The Morgan fingerprint density at radius 3 is 2.92 bits per heavy atom. The van der Waals surface area contributed by atoms with Gasteiger partial charge in [-0.05, 0) is 12.1 Å². The second-order valence-electron chi connectivity index (χ2n) is 2.47. The molecule has 0 amide bonds. The highest BCUT2D eigenvalue weighted by Crippen LogP contribution is 2.01. The molecule has 0 aliphatic carbocycles. The van der Waals surface area contributed by atoms with Crippen LogP contribution in [0, 0.1) is 0 Å². The standard InChI is InChI=1S/C9H10N2O2/c1-2-8(12)9(11-13)7-4-3-5-10-6-7/h3-6,13H,2H2,1H3/b11-9+. The molecular formula is C9H10N2O2. The van der Waals surface area contributed by atoms with Crippen LogP contribution in [0.15, 0.2) is 29.7 Å². The summed E-state index contributed by atoms with van der Waals surface area (Å²) in [6, 6.07) is 3.36. The molecule has 4 nitrogen and oxygen atoms in total. The van der Waals surface area contributed by atoms with Crippen LogP contribution in [0.2, 0.25) is 0 Å². The SMILES string of the molecule is CCC(=O)/C(=N/O)c1cccnc1. The molecule has 1 aromatic rings. The normalized spacial score (nSPS) is 11.3. The summed E-state index contributed by atoms with van der Waals surface area (Å²) in [4.78, 5) is 15.1. The first-order valence-electron chi connectivity index (χ1n) is 3.95. The summed E-state index contributed by atoms with van der Waals surface area (Å²) < 4.78 is 0. The Labute approximate surface area is 75.9 Å². The van der Waals surface area contributed by atoms with Crippen LogP contribution in [-0.4, -0.2) is 21.7 Å². The molecule has 0 aromatic carbocycles. The molecule has 0 radical (unpaired) electrons. The van der Waals surface area contributed by atoms with Gasteiger partial charge in [-0.1, -0.05) is 12.1 Å². The van der Waals surface area contributed by atoms with Crippen molar-refractivity contribution < 1.29 is 10.0 Å². The Bertz CT molecular complexity index is 320. The fraction of sp³-hybridized carbons (Fsp3) is 0.222. The van der Waals surface area contributed by atoms with Gasteiger partial charge in [0.1, 0.15) is 0 Å². The first-order valence-corrected chi connectivity index (χ1v) is 3.95. The molecule has 1 rings (SSSR count). The van der Waals surface area contributed by atoms with E-state index < -0.39 is 0 Å². The van der Waals surface area contributed by atoms with Crippen molar-refractivity contribution in [2.24, 2.45) is 5.16 Å². The van der Waals surface area contributed by atoms with Crippen LogP contribution >= 0.6 is 0 Å². The Morgan fingerprint density at radius 1 is 1.69 bits per heavy atom. The van der Waals surface area contributed by atoms with E-state index in [0.717, 1.165) is 0 Å². The minimum atomic E-state index is -0.199. The number of pyridine rings is 1. The number of Topliss-reactive ketones (excluding diaryl/α,β-unsaturated/α-hetero) is 1. The van der Waals surface area contributed by atoms with Gasteiger partial charge in [0.15, 0.2) is 11.5 Å². The van der Waals surface area contributed by atoms with E-state index in [1.807, 2.05) is 0 Å². The van der Waals surface area contributed by atoms with Crippen molar-refractivity contribution in [1.82, 2.24) is 4.98 Å². The summed E-state index contributed by atoms with van der Waals surface area (Å²) in [5.41, 5.74) is 0.604. The molecular weight excluding hydrogens is 168 g/mol. The highest BCUT2D eigenvalue weighted by atomic mass is 16.4. The van der Waals surface area contributed by atoms with Crippen LogP contribution in [0.4, 0.5) is 0 Å². The fourth-order valence-electron chi connectivity index (χ4n) is 0.945. The highest BCUT2D eigenvalue weighted by molar-refractivity contribution is 6.45. The number of nitrogens with zero attached hydrogens (tertiary/aromatic N) is 2. The summed E-state index contributed by atoms with van der Waals surface area (Å²) in [5.74, 6) is -0.199. The largest absolute Gasteiger partial charge is 0.410 e. The van der Waals surface area contributed by atoms with E-state index in [0.29, 0.717) is 12.0 Å². The van der Waals surface area contributed by atoms with Gasteiger partial charge in [-0.25, -0.2) is 0 Å². The van der Waals surface area contributed by atoms with E-state index in [-0.39, 0.29) is 11.5 Å². The summed E-state index contributed by atoms with van der Waals surface area (Å²) in [6.45, 7) is 1.71. The van der Waals surface area contributed by atoms with Crippen molar-refractivity contribution in [2.75, 3.05) is 0 Å². The van der Waals surface area contributed by atoms with Crippen LogP contribution in [0.5, 0.6) is 0 Å². The third kappa shape index (κ3) is 2.11. The van der Waals surface area contributed by atoms with Crippen molar-refractivity contribution in [2.45, 2.75) is 13.3 Å². The van der Waals surface area contributed by atoms with Gasteiger partial charge in [-0.15, -0.1) is 0 Å². The van der Waals surface area contributed by atoms with Crippen molar-refractivity contribution in [3.63, 3.8) is 0 Å². The summed E-state index contributed by atoms with van der Waals surface area (Å²) >= 11 is 0. The van der Waals surface area contributed by atoms with Gasteiger partial charge in [0.05, 0.1) is 0 Å². The lowest BCUT2D eigenvalue weighted by Gasteiger charge is -1.99. The third-order valence-corrected chi connectivity index (χ3v) is 1.62. The fourth-order valence-corrected chi connectivity index (χ4v) is 0.945. The van der Waals surface area contributed by atoms with Crippen LogP contribution in [0.25, 0.3) is 0 Å². The maximum Gasteiger partial charge on any atom is 0.184 e. The third-order valence-electron chi connectivity index (χ3n) is 1.62. The van der Waals surface area contributed by atoms with Gasteiger partial charge in [0.2, 0.25) is 0 Å². The molecule has 4 heteroatoms. The van der Waals surface area contributed by atoms with Crippen LogP contribution in [0.3, 0.4) is 0 Å². The molecule has 0 saturated carbocycles. The zero-order chi connectivity index (χ0) is 9.68. The van der Waals surface area contributed by atoms with Gasteiger partial charge in [0.25, 0.3) is 0 Å². The molecule has 0 aliphatic heterocycles. The predicted octanol–water partition coefficient (Wildman–Crippen LogP) is 1.24. The molecule has 0 atom stereocenters. The summed E-state index contributed by atoms with van der Waals surface area (Å²) in [6.07, 6.45) is 3.39. The van der Waals surface area contributed by atoms with Gasteiger partial charge in [0, 0.05) is 24.4 Å². The average Bonchev–Trinajstić information content (AvgIpc) is 2.20. The van der Waals surface area contributed by atoms with Crippen LogP contribution in [0.1, 0.15) is 18.9 Å². The van der Waals surface area contributed by atoms with Crippen molar-refractivity contribution >= 4 is 11.5 Å². The lowest BCUT2D eigenvalue weighted by molar-refractivity contribution is -0.112. The number of hydrogen-bond acceptors (Lipinski definition) is 4. The molecule has 0 saturated heterocycles. The highest BCUT2D eigenvalue weighted by Gasteiger charge is 2.11. The van der Waals surface area contributed by atoms with Crippen molar-refractivity contribution in [3.8, 4) is 0 Å². The van der Waals surface area contributed by atoms with Crippen LogP contribution in [-0.2, 0) is 4.79 Å². The Hall–Kier alpha value is -1.71. The van der Waals surface area contributed by atoms with E-state index in [9.17, 15) is 4.79 Å². The number of rotatable bonds is 3. The molecule has 68 valence electrons. The van der Waals surface area contributed by atoms with E-state index >= 15 is 0 Å². The summed E-state index contributed by atoms with van der Waals surface area (Å²) in [5, 5.41) is 11.6. The van der Waals surface area contributed by atoms with Crippen molar-refractivity contribution in [3.05, 3.63) is 30.1 Å². The molecule has 1 aromatic heterocycles. The smallest absolute Gasteiger partial charge is 0.184 e. The zero-order valence-corrected chi connectivity index (χ0v) is 7.27. The monoisotopic (exact) mass is 178 g/mol. The van der Waals surface area contributed by atoms with Gasteiger partial charge >= 0.3 is 0 Å². The molecule has 0 fully saturated rings. The number of ketones is 1. The van der Waals surface area contributed by atoms with E-state index in [1.165, 1.54) is 6.20 Å². The number of oxime groups is 1. The second kappa shape index (κ2) is 4.35. The van der Waals surface area contributed by atoms with E-state index in [1.54, 1.807) is 25.3 Å². The van der Waals surface area contributed by atoms with Crippen molar-refractivity contribution in [1.29, 1.82) is 0 Å². The quantitative estimate of drug-likeness (QED) is 0.430. The van der Waals surface area contributed by atoms with Gasteiger partial charge in [-0.2, -0.15) is 0 Å². The maximum absolute atomic E-state index is 11.2. The van der Waals surface area contributed by atoms with E-state index in [4.69, 9.17) is 5.21 Å². The van der Waals surface area contributed by atoms with Gasteiger partial charge in [-0.3, -0.25) is 9.78 Å². The average molecular weight is 178 g/mol. The molecule has 1 N–H and O–H groups in total. The number of aromatic nitrogens is 1. The molecule has 0 aliphatic rings. The molecule has 0 spiro atoms. The molecule has 0 unspecified atom stereocenters. The first-order chi connectivity index (χ1) is 6.29. The first kappa shape index (κ1) is 9.38. The van der Waals surface area contributed by atoms with E-state index in [2.05, 4.69) is 10.1 Å². The number of carbonyl (C=O) groups excluding carboxylic acids is 1. The number of hydrogen-bond donors (Lipinski definition) is 1. The summed E-state index contributed by atoms with van der Waals surface area (Å²) in [7, 11) is 0. The lowest BCUT2D eigenvalue weighted by atomic mass is 10.1. The zero-order valence-electron chi connectivity index (χ0n) is 7.27. The van der Waals surface area contributed by atoms with Gasteiger partial charge < -0.3 is 5.21 Å². The Balaban J connectivity index is 3.00. The second-order valence-corrected chi connectivity index (χ2v) is 2.47. The topological polar surface area (TPSA) is 62.5 Å². The maximum atomic E-state index is 11.2. The minimum Gasteiger partial charge on any atom is -0.410 e. The predicted molar refractivity (Wildman–Crippen MR) is 47.9 cm³/mol. The minimum absolute atomic E-state index is 0.0654. The molecule has 13 heavy (non-hydrogen) atoms. The molecule has 1 heterocycles. The Morgan fingerprint density at radius 2 is 2.46 bits per heavy atom.